The zero-order valence-corrected chi connectivity index (χ0v) is 23.2. The number of halogens is 1. The minimum Gasteiger partial charge on any atom is -0.371 e. The van der Waals surface area contributed by atoms with Crippen molar-refractivity contribution in [1.29, 1.82) is 5.26 Å². The van der Waals surface area contributed by atoms with Crippen LogP contribution in [0.4, 0.5) is 4.39 Å². The van der Waals surface area contributed by atoms with Crippen LogP contribution < -0.4 is 5.32 Å². The SMILES string of the molecule is CC1(C)O[C@H]2[C@@H](OCc3ccccc3C#N)C[C@](OCc3ccccc3F)(C(=O)NCCN3CCCC3)C[C@H]2O1. The van der Waals surface area contributed by atoms with Gasteiger partial charge in [-0.15, -0.1) is 0 Å². The van der Waals surface area contributed by atoms with E-state index in [4.69, 9.17) is 18.9 Å². The second-order valence-electron chi connectivity index (χ2n) is 11.3. The fourth-order valence-corrected chi connectivity index (χ4v) is 5.99. The first kappa shape index (κ1) is 28.7. The van der Waals surface area contributed by atoms with Crippen molar-refractivity contribution in [2.75, 3.05) is 26.2 Å². The van der Waals surface area contributed by atoms with Crippen molar-refractivity contribution in [3.8, 4) is 6.07 Å². The largest absolute Gasteiger partial charge is 0.371 e. The van der Waals surface area contributed by atoms with Crippen molar-refractivity contribution in [1.82, 2.24) is 10.2 Å². The highest BCUT2D eigenvalue weighted by Crippen LogP contribution is 2.44. The maximum absolute atomic E-state index is 14.5. The molecule has 2 aromatic rings. The lowest BCUT2D eigenvalue weighted by Crippen LogP contribution is -2.60. The smallest absolute Gasteiger partial charge is 0.252 e. The Kier molecular flexibility index (Phi) is 8.83. The number of hydrogen-bond acceptors (Lipinski definition) is 7. The Morgan fingerprint density at radius 2 is 1.80 bits per heavy atom. The molecule has 9 heteroatoms. The number of nitrogens with zero attached hydrogens (tertiary/aromatic N) is 2. The van der Waals surface area contributed by atoms with E-state index in [-0.39, 0.29) is 37.8 Å². The summed E-state index contributed by atoms with van der Waals surface area (Å²) in [6.07, 6.45) is 1.35. The van der Waals surface area contributed by atoms with Gasteiger partial charge in [0.1, 0.15) is 11.9 Å². The summed E-state index contributed by atoms with van der Waals surface area (Å²) in [5.74, 6) is -1.51. The maximum atomic E-state index is 14.5. The van der Waals surface area contributed by atoms with Gasteiger partial charge in [0.15, 0.2) is 11.4 Å². The molecule has 8 nitrogen and oxygen atoms in total. The molecule has 2 saturated heterocycles. The molecule has 5 rings (SSSR count). The number of likely N-dealkylation sites (tertiary alicyclic amines) is 1. The van der Waals surface area contributed by atoms with Crippen LogP contribution in [-0.4, -0.2) is 66.7 Å². The predicted octanol–water partition coefficient (Wildman–Crippen LogP) is 4.06. The molecule has 0 bridgehead atoms. The summed E-state index contributed by atoms with van der Waals surface area (Å²) in [7, 11) is 0. The number of hydrogen-bond donors (Lipinski definition) is 1. The summed E-state index contributed by atoms with van der Waals surface area (Å²) in [5, 5.41) is 12.6. The Labute approximate surface area is 235 Å². The highest BCUT2D eigenvalue weighted by atomic mass is 19.1. The minimum atomic E-state index is -1.32. The molecule has 0 aromatic heterocycles. The molecule has 2 heterocycles. The highest BCUT2D eigenvalue weighted by molar-refractivity contribution is 5.85. The van der Waals surface area contributed by atoms with E-state index in [1.54, 1.807) is 24.3 Å². The highest BCUT2D eigenvalue weighted by Gasteiger charge is 2.58. The van der Waals surface area contributed by atoms with Crippen LogP contribution in [0, 0.1) is 17.1 Å². The molecule has 2 aliphatic heterocycles. The molecule has 1 saturated carbocycles. The number of carbonyl (C=O) groups excluding carboxylic acids is 1. The van der Waals surface area contributed by atoms with E-state index in [9.17, 15) is 14.4 Å². The quantitative estimate of drug-likeness (QED) is 0.476. The summed E-state index contributed by atoms with van der Waals surface area (Å²) in [5.41, 5.74) is 0.328. The van der Waals surface area contributed by atoms with E-state index in [1.165, 1.54) is 18.9 Å². The lowest BCUT2D eigenvalue weighted by atomic mass is 9.78. The van der Waals surface area contributed by atoms with Gasteiger partial charge < -0.3 is 29.2 Å². The van der Waals surface area contributed by atoms with Gasteiger partial charge in [-0.3, -0.25) is 4.79 Å². The molecule has 1 aliphatic carbocycles. The number of nitrogens with one attached hydrogen (secondary N) is 1. The van der Waals surface area contributed by atoms with E-state index in [2.05, 4.69) is 16.3 Å². The average Bonchev–Trinajstić information content (AvgIpc) is 3.57. The van der Waals surface area contributed by atoms with E-state index >= 15 is 0 Å². The lowest BCUT2D eigenvalue weighted by Gasteiger charge is -2.43. The molecule has 1 N–H and O–H groups in total. The molecule has 1 amide bonds. The van der Waals surface area contributed by atoms with Gasteiger partial charge in [-0.2, -0.15) is 5.26 Å². The molecule has 214 valence electrons. The van der Waals surface area contributed by atoms with Gasteiger partial charge in [-0.05, 0) is 57.5 Å². The summed E-state index contributed by atoms with van der Waals surface area (Å²) in [6, 6.07) is 15.9. The molecule has 3 fully saturated rings. The van der Waals surface area contributed by atoms with E-state index in [0.29, 0.717) is 17.7 Å². The van der Waals surface area contributed by atoms with Gasteiger partial charge in [0.05, 0.1) is 37.1 Å². The van der Waals surface area contributed by atoms with Gasteiger partial charge in [0, 0.05) is 31.5 Å². The molecule has 0 spiro atoms. The molecular formula is C31H38FN3O5. The first-order valence-electron chi connectivity index (χ1n) is 14.1. The van der Waals surface area contributed by atoms with Crippen molar-refractivity contribution in [2.24, 2.45) is 0 Å². The summed E-state index contributed by atoms with van der Waals surface area (Å²) in [6.45, 7) is 7.10. The monoisotopic (exact) mass is 551 g/mol. The van der Waals surface area contributed by atoms with E-state index in [1.807, 2.05) is 32.0 Å². The topological polar surface area (TPSA) is 93.1 Å². The Bertz CT molecular complexity index is 1230. The Balaban J connectivity index is 1.39. The Morgan fingerprint density at radius 1 is 1.07 bits per heavy atom. The fourth-order valence-electron chi connectivity index (χ4n) is 5.99. The standard InChI is InChI=1S/C31H38FN3O5/c1-30(2)39-27-18-31(38-21-24-11-5-6-12-25(24)32,29(36)34-13-16-35-14-7-8-15-35)17-26(28(27)40-30)37-20-23-10-4-3-9-22(23)19-33/h3-6,9-12,26-28H,7-8,13-18,20-21H2,1-2H3,(H,34,36)/t26-,27+,28-,31+/m0/s1. The molecular weight excluding hydrogens is 513 g/mol. The normalized spacial score (nSPS) is 27.7. The maximum Gasteiger partial charge on any atom is 0.252 e. The van der Waals surface area contributed by atoms with E-state index in [0.717, 1.165) is 25.2 Å². The van der Waals surface area contributed by atoms with Gasteiger partial charge >= 0.3 is 0 Å². The van der Waals surface area contributed by atoms with Crippen LogP contribution in [0.25, 0.3) is 0 Å². The van der Waals surface area contributed by atoms with Gasteiger partial charge in [-0.1, -0.05) is 36.4 Å². The second kappa shape index (κ2) is 12.3. The zero-order valence-electron chi connectivity index (χ0n) is 23.2. The molecule has 40 heavy (non-hydrogen) atoms. The number of carbonyl (C=O) groups is 1. The van der Waals surface area contributed by atoms with Crippen molar-refractivity contribution >= 4 is 5.91 Å². The molecule has 0 unspecified atom stereocenters. The third-order valence-corrected chi connectivity index (χ3v) is 8.03. The van der Waals surface area contributed by atoms with Crippen LogP contribution in [-0.2, 0) is 37.0 Å². The molecule has 2 aromatic carbocycles. The molecule has 0 radical (unpaired) electrons. The van der Waals surface area contributed by atoms with Crippen LogP contribution in [0.15, 0.2) is 48.5 Å². The van der Waals surface area contributed by atoms with Crippen molar-refractivity contribution < 1.29 is 28.1 Å². The second-order valence-corrected chi connectivity index (χ2v) is 11.3. The van der Waals surface area contributed by atoms with Gasteiger partial charge in [0.25, 0.3) is 5.91 Å². The molecule has 3 aliphatic rings. The summed E-state index contributed by atoms with van der Waals surface area (Å²) < 4.78 is 39.8. The minimum absolute atomic E-state index is 0.0716. The van der Waals surface area contributed by atoms with Crippen LogP contribution in [0.3, 0.4) is 0 Å². The summed E-state index contributed by atoms with van der Waals surface area (Å²) in [4.78, 5) is 16.3. The zero-order chi connectivity index (χ0) is 28.2. The van der Waals surface area contributed by atoms with Crippen LogP contribution >= 0.6 is 0 Å². The van der Waals surface area contributed by atoms with E-state index < -0.39 is 29.7 Å². The number of fused-ring (bicyclic) bond motifs is 1. The van der Waals surface area contributed by atoms with Crippen LogP contribution in [0.5, 0.6) is 0 Å². The van der Waals surface area contributed by atoms with Crippen molar-refractivity contribution in [3.63, 3.8) is 0 Å². The third-order valence-electron chi connectivity index (χ3n) is 8.03. The first-order chi connectivity index (χ1) is 19.3. The van der Waals surface area contributed by atoms with Crippen LogP contribution in [0.2, 0.25) is 0 Å². The average molecular weight is 552 g/mol. The third kappa shape index (κ3) is 6.54. The number of ether oxygens (including phenoxy) is 4. The lowest BCUT2D eigenvalue weighted by molar-refractivity contribution is -0.183. The van der Waals surface area contributed by atoms with Crippen molar-refractivity contribution in [3.05, 3.63) is 71.0 Å². The number of benzene rings is 2. The first-order valence-corrected chi connectivity index (χ1v) is 14.1. The number of rotatable bonds is 10. The fraction of sp³-hybridized carbons (Fsp3) is 0.548. The summed E-state index contributed by atoms with van der Waals surface area (Å²) >= 11 is 0. The van der Waals surface area contributed by atoms with Gasteiger partial charge in [-0.25, -0.2) is 4.39 Å². The Morgan fingerprint density at radius 3 is 2.55 bits per heavy atom. The predicted molar refractivity (Wildman–Crippen MR) is 145 cm³/mol. The van der Waals surface area contributed by atoms with Crippen LogP contribution in [0.1, 0.15) is 56.2 Å². The molecule has 4 atom stereocenters. The number of amides is 1. The van der Waals surface area contributed by atoms with Crippen molar-refractivity contribution in [2.45, 2.75) is 82.4 Å². The number of nitriles is 1. The Hall–Kier alpha value is -2.87. The van der Waals surface area contributed by atoms with Gasteiger partial charge in [0.2, 0.25) is 0 Å².